The van der Waals surface area contributed by atoms with Crippen LogP contribution in [0.3, 0.4) is 0 Å². The lowest BCUT2D eigenvalue weighted by Gasteiger charge is -2.15. The van der Waals surface area contributed by atoms with E-state index in [1.165, 1.54) is 11.3 Å². The number of rotatable bonds is 3. The molecule has 0 N–H and O–H groups in total. The van der Waals surface area contributed by atoms with E-state index in [-0.39, 0.29) is 17.1 Å². The zero-order valence-electron chi connectivity index (χ0n) is 9.38. The Morgan fingerprint density at radius 1 is 1.71 bits per heavy atom. The molecule has 0 bridgehead atoms. The lowest BCUT2D eigenvalue weighted by atomic mass is 10.3. The van der Waals surface area contributed by atoms with Crippen molar-refractivity contribution in [2.24, 2.45) is 0 Å². The van der Waals surface area contributed by atoms with Crippen molar-refractivity contribution in [1.82, 2.24) is 0 Å². The minimum atomic E-state index is -0.368. The van der Waals surface area contributed by atoms with Crippen molar-refractivity contribution in [2.45, 2.75) is 18.6 Å². The molecule has 1 aliphatic rings. The van der Waals surface area contributed by atoms with Crippen molar-refractivity contribution in [3.05, 3.63) is 16.3 Å². The lowest BCUT2D eigenvalue weighted by Crippen LogP contribution is -2.25. The van der Waals surface area contributed by atoms with Crippen molar-refractivity contribution in [1.29, 1.82) is 0 Å². The number of esters is 1. The van der Waals surface area contributed by atoms with Gasteiger partial charge in [0.15, 0.2) is 0 Å². The van der Waals surface area contributed by atoms with Crippen LogP contribution in [0.4, 0.5) is 5.69 Å². The third kappa shape index (κ3) is 2.47. The van der Waals surface area contributed by atoms with Gasteiger partial charge < -0.3 is 9.64 Å². The molecule has 17 heavy (non-hydrogen) atoms. The van der Waals surface area contributed by atoms with Gasteiger partial charge in [0.05, 0.1) is 12.3 Å². The molecule has 2 rings (SSSR count). The Labute approximate surface area is 109 Å². The Morgan fingerprint density at radius 3 is 3.06 bits per heavy atom. The summed E-state index contributed by atoms with van der Waals surface area (Å²) in [6, 6.07) is 1.78. The van der Waals surface area contributed by atoms with Crippen molar-refractivity contribution < 1.29 is 14.3 Å². The topological polar surface area (TPSA) is 46.6 Å². The molecule has 0 aliphatic carbocycles. The van der Waals surface area contributed by atoms with Gasteiger partial charge in [0.25, 0.3) is 0 Å². The SMILES string of the molecule is CCOC(=O)c1sccc1N1CC(S)CC1=O. The van der Waals surface area contributed by atoms with Gasteiger partial charge in [-0.15, -0.1) is 11.3 Å². The summed E-state index contributed by atoms with van der Waals surface area (Å²) < 4.78 is 4.96. The summed E-state index contributed by atoms with van der Waals surface area (Å²) >= 11 is 5.59. The van der Waals surface area contributed by atoms with Crippen LogP contribution in [0.1, 0.15) is 23.0 Å². The normalized spacial score (nSPS) is 19.8. The number of thiophene rings is 1. The first-order chi connectivity index (χ1) is 8.13. The van der Waals surface area contributed by atoms with E-state index >= 15 is 0 Å². The summed E-state index contributed by atoms with van der Waals surface area (Å²) in [5, 5.41) is 1.83. The number of hydrogen-bond acceptors (Lipinski definition) is 5. The van der Waals surface area contributed by atoms with Crippen molar-refractivity contribution in [2.75, 3.05) is 18.1 Å². The fourth-order valence-corrected chi connectivity index (χ4v) is 2.89. The van der Waals surface area contributed by atoms with Crippen LogP contribution in [-0.4, -0.2) is 30.3 Å². The fraction of sp³-hybridized carbons (Fsp3) is 0.455. The third-order valence-corrected chi connectivity index (χ3v) is 3.73. The van der Waals surface area contributed by atoms with E-state index in [1.807, 2.05) is 0 Å². The van der Waals surface area contributed by atoms with E-state index in [9.17, 15) is 9.59 Å². The average Bonchev–Trinajstić information content (AvgIpc) is 2.84. The Hall–Kier alpha value is -1.01. The third-order valence-electron chi connectivity index (χ3n) is 2.50. The van der Waals surface area contributed by atoms with Crippen LogP contribution in [0.5, 0.6) is 0 Å². The molecule has 2 heterocycles. The van der Waals surface area contributed by atoms with E-state index in [4.69, 9.17) is 4.74 Å². The highest BCUT2D eigenvalue weighted by Gasteiger charge is 2.31. The lowest BCUT2D eigenvalue weighted by molar-refractivity contribution is -0.117. The standard InChI is InChI=1S/C11H13NO3S2/c1-2-15-11(14)10-8(3-4-17-10)12-6-7(16)5-9(12)13/h3-4,7,16H,2,5-6H2,1H3. The second-order valence-electron chi connectivity index (χ2n) is 3.72. The van der Waals surface area contributed by atoms with Crippen LogP contribution in [-0.2, 0) is 9.53 Å². The van der Waals surface area contributed by atoms with Gasteiger partial charge in [-0.3, -0.25) is 4.79 Å². The van der Waals surface area contributed by atoms with E-state index in [0.717, 1.165) is 0 Å². The van der Waals surface area contributed by atoms with Crippen LogP contribution in [0.25, 0.3) is 0 Å². The van der Waals surface area contributed by atoms with Crippen molar-refractivity contribution in [3.8, 4) is 0 Å². The molecule has 0 radical (unpaired) electrons. The number of thiol groups is 1. The first-order valence-corrected chi connectivity index (χ1v) is 6.76. The number of hydrogen-bond donors (Lipinski definition) is 1. The quantitative estimate of drug-likeness (QED) is 0.675. The highest BCUT2D eigenvalue weighted by Crippen LogP contribution is 2.31. The highest BCUT2D eigenvalue weighted by atomic mass is 32.1. The molecule has 1 amide bonds. The van der Waals surface area contributed by atoms with Gasteiger partial charge in [-0.05, 0) is 18.4 Å². The molecule has 1 fully saturated rings. The molecule has 0 saturated carbocycles. The van der Waals surface area contributed by atoms with Gasteiger partial charge in [-0.1, -0.05) is 0 Å². The number of carbonyl (C=O) groups excluding carboxylic acids is 2. The number of amides is 1. The first kappa shape index (κ1) is 12.4. The zero-order chi connectivity index (χ0) is 12.4. The maximum absolute atomic E-state index is 11.7. The smallest absolute Gasteiger partial charge is 0.350 e. The summed E-state index contributed by atoms with van der Waals surface area (Å²) in [5.41, 5.74) is 0.648. The van der Waals surface area contributed by atoms with Crippen LogP contribution in [0, 0.1) is 0 Å². The van der Waals surface area contributed by atoms with E-state index in [1.54, 1.807) is 23.3 Å². The molecule has 1 saturated heterocycles. The molecular weight excluding hydrogens is 258 g/mol. The van der Waals surface area contributed by atoms with Crippen LogP contribution < -0.4 is 4.90 Å². The van der Waals surface area contributed by atoms with Crippen LogP contribution >= 0.6 is 24.0 Å². The van der Waals surface area contributed by atoms with E-state index in [0.29, 0.717) is 30.1 Å². The molecule has 1 aromatic heterocycles. The number of ether oxygens (including phenoxy) is 1. The van der Waals surface area contributed by atoms with Crippen molar-refractivity contribution in [3.63, 3.8) is 0 Å². The number of anilines is 1. The minimum Gasteiger partial charge on any atom is -0.462 e. The number of carbonyl (C=O) groups is 2. The minimum absolute atomic E-state index is 0.00829. The molecule has 6 heteroatoms. The largest absolute Gasteiger partial charge is 0.462 e. The summed E-state index contributed by atoms with van der Waals surface area (Å²) in [6.07, 6.45) is 0.418. The molecule has 0 aromatic carbocycles. The van der Waals surface area contributed by atoms with Crippen molar-refractivity contribution >= 4 is 41.5 Å². The second-order valence-corrected chi connectivity index (χ2v) is 5.36. The molecule has 92 valence electrons. The second kappa shape index (κ2) is 5.10. The summed E-state index contributed by atoms with van der Waals surface area (Å²) in [4.78, 5) is 25.5. The van der Waals surface area contributed by atoms with Gasteiger partial charge in [0, 0.05) is 18.2 Å². The monoisotopic (exact) mass is 271 g/mol. The molecule has 0 spiro atoms. The maximum atomic E-state index is 11.7. The highest BCUT2D eigenvalue weighted by molar-refractivity contribution is 7.81. The maximum Gasteiger partial charge on any atom is 0.350 e. The molecule has 1 unspecified atom stereocenters. The van der Waals surface area contributed by atoms with Gasteiger partial charge in [-0.2, -0.15) is 12.6 Å². The molecule has 1 atom stereocenters. The zero-order valence-corrected chi connectivity index (χ0v) is 11.1. The predicted molar refractivity (Wildman–Crippen MR) is 70.0 cm³/mol. The summed E-state index contributed by atoms with van der Waals surface area (Å²) in [5.74, 6) is -0.359. The number of nitrogens with zero attached hydrogens (tertiary/aromatic N) is 1. The summed E-state index contributed by atoms with van der Waals surface area (Å²) in [6.45, 7) is 2.64. The molecule has 1 aliphatic heterocycles. The summed E-state index contributed by atoms with van der Waals surface area (Å²) in [7, 11) is 0. The Balaban J connectivity index is 2.25. The van der Waals surface area contributed by atoms with Gasteiger partial charge in [0.2, 0.25) is 5.91 Å². The Bertz CT molecular complexity index is 444. The molecular formula is C11H13NO3S2. The fourth-order valence-electron chi connectivity index (χ4n) is 1.79. The average molecular weight is 271 g/mol. The Morgan fingerprint density at radius 2 is 2.47 bits per heavy atom. The van der Waals surface area contributed by atoms with Crippen LogP contribution in [0.2, 0.25) is 0 Å². The van der Waals surface area contributed by atoms with E-state index < -0.39 is 0 Å². The van der Waals surface area contributed by atoms with Gasteiger partial charge in [0.1, 0.15) is 4.88 Å². The Kier molecular flexibility index (Phi) is 3.73. The van der Waals surface area contributed by atoms with E-state index in [2.05, 4.69) is 12.6 Å². The molecule has 1 aromatic rings. The molecule has 4 nitrogen and oxygen atoms in total. The first-order valence-electron chi connectivity index (χ1n) is 5.36. The predicted octanol–water partition coefficient (Wildman–Crippen LogP) is 1.96. The van der Waals surface area contributed by atoms with Gasteiger partial charge >= 0.3 is 5.97 Å². The van der Waals surface area contributed by atoms with Gasteiger partial charge in [-0.25, -0.2) is 4.79 Å². The van der Waals surface area contributed by atoms with Crippen LogP contribution in [0.15, 0.2) is 11.4 Å².